The Morgan fingerprint density at radius 3 is 2.09 bits per heavy atom. The van der Waals surface area contributed by atoms with Crippen LogP contribution in [0.1, 0.15) is 40.4 Å². The normalized spacial score (nSPS) is 10.2. The van der Waals surface area contributed by atoms with Crippen molar-refractivity contribution in [3.05, 3.63) is 70.8 Å². The number of aryl methyl sites for hydroxylation is 3. The number of carbonyl (C=O) groups is 2. The van der Waals surface area contributed by atoms with Gasteiger partial charge in [0.1, 0.15) is 0 Å². The number of hydrogen-bond acceptors (Lipinski definition) is 2. The first-order valence-corrected chi connectivity index (χ1v) is 7.82. The van der Waals surface area contributed by atoms with Crippen LogP contribution in [0.2, 0.25) is 0 Å². The average Bonchev–Trinajstić information content (AvgIpc) is 2.59. The summed E-state index contributed by atoms with van der Waals surface area (Å²) in [6.07, 6.45) is 1.99. The minimum absolute atomic E-state index is 0.204. The molecular weight excluding hydrogens is 288 g/mol. The van der Waals surface area contributed by atoms with Crippen molar-refractivity contribution in [2.45, 2.75) is 33.1 Å². The lowest BCUT2D eigenvalue weighted by Crippen LogP contribution is -2.41. The van der Waals surface area contributed by atoms with Crippen molar-refractivity contribution in [1.29, 1.82) is 0 Å². The quantitative estimate of drug-likeness (QED) is 0.834. The second-order valence-corrected chi connectivity index (χ2v) is 5.54. The maximum atomic E-state index is 11.9. The van der Waals surface area contributed by atoms with E-state index in [0.29, 0.717) is 18.4 Å². The molecular formula is C19H22N2O2. The van der Waals surface area contributed by atoms with Crippen LogP contribution in [-0.4, -0.2) is 11.8 Å². The summed E-state index contributed by atoms with van der Waals surface area (Å²) in [6, 6.07) is 15.4. The predicted molar refractivity (Wildman–Crippen MR) is 90.9 cm³/mol. The third-order valence-corrected chi connectivity index (χ3v) is 3.70. The Morgan fingerprint density at radius 2 is 1.48 bits per heavy atom. The molecule has 0 heterocycles. The van der Waals surface area contributed by atoms with Gasteiger partial charge in [0.2, 0.25) is 5.91 Å². The summed E-state index contributed by atoms with van der Waals surface area (Å²) >= 11 is 0. The lowest BCUT2D eigenvalue weighted by Gasteiger charge is -2.08. The first kappa shape index (κ1) is 16.7. The van der Waals surface area contributed by atoms with Crippen molar-refractivity contribution in [1.82, 2.24) is 10.9 Å². The number of rotatable bonds is 5. The highest BCUT2D eigenvalue weighted by Crippen LogP contribution is 2.07. The Kier molecular flexibility index (Phi) is 5.92. The highest BCUT2D eigenvalue weighted by Gasteiger charge is 2.07. The maximum Gasteiger partial charge on any atom is 0.269 e. The predicted octanol–water partition coefficient (Wildman–Crippen LogP) is 2.95. The topological polar surface area (TPSA) is 58.2 Å². The van der Waals surface area contributed by atoms with E-state index in [-0.39, 0.29) is 11.8 Å². The third kappa shape index (κ3) is 5.25. The van der Waals surface area contributed by atoms with Gasteiger partial charge in [-0.1, -0.05) is 48.9 Å². The number of hydrogen-bond donors (Lipinski definition) is 2. The fourth-order valence-electron chi connectivity index (χ4n) is 2.17. The molecule has 0 aliphatic heterocycles. The van der Waals surface area contributed by atoms with E-state index >= 15 is 0 Å². The Labute approximate surface area is 136 Å². The van der Waals surface area contributed by atoms with Crippen molar-refractivity contribution >= 4 is 11.8 Å². The monoisotopic (exact) mass is 310 g/mol. The third-order valence-electron chi connectivity index (χ3n) is 3.70. The summed E-state index contributed by atoms with van der Waals surface area (Å²) in [6.45, 7) is 4.07. The minimum atomic E-state index is -0.314. The highest BCUT2D eigenvalue weighted by atomic mass is 16.2. The van der Waals surface area contributed by atoms with E-state index in [0.717, 1.165) is 17.5 Å². The lowest BCUT2D eigenvalue weighted by molar-refractivity contribution is -0.121. The molecule has 0 fully saturated rings. The molecule has 120 valence electrons. The van der Waals surface area contributed by atoms with Gasteiger partial charge in [-0.25, -0.2) is 0 Å². The van der Waals surface area contributed by atoms with Gasteiger partial charge in [0.05, 0.1) is 0 Å². The number of hydrazine groups is 1. The number of amides is 2. The van der Waals surface area contributed by atoms with Crippen LogP contribution >= 0.6 is 0 Å². The van der Waals surface area contributed by atoms with Gasteiger partial charge < -0.3 is 0 Å². The Balaban J connectivity index is 1.76. The second-order valence-electron chi connectivity index (χ2n) is 5.54. The molecule has 2 aromatic carbocycles. The SMILES string of the molecule is CCc1ccc(CCC(=O)NNC(=O)c2ccc(C)cc2)cc1. The van der Waals surface area contributed by atoms with Crippen molar-refractivity contribution in [3.63, 3.8) is 0 Å². The van der Waals surface area contributed by atoms with Crippen LogP contribution in [-0.2, 0) is 17.6 Å². The number of benzene rings is 2. The summed E-state index contributed by atoms with van der Waals surface area (Å²) < 4.78 is 0. The Bertz CT molecular complexity index is 661. The van der Waals surface area contributed by atoms with E-state index in [2.05, 4.69) is 29.9 Å². The Hall–Kier alpha value is -2.62. The maximum absolute atomic E-state index is 11.9. The van der Waals surface area contributed by atoms with Crippen LogP contribution in [0.5, 0.6) is 0 Å². The van der Waals surface area contributed by atoms with Gasteiger partial charge in [-0.3, -0.25) is 20.4 Å². The smallest absolute Gasteiger partial charge is 0.269 e. The van der Waals surface area contributed by atoms with E-state index in [4.69, 9.17) is 0 Å². The summed E-state index contributed by atoms with van der Waals surface area (Å²) in [5, 5.41) is 0. The molecule has 2 rings (SSSR count). The molecule has 2 aromatic rings. The fourth-order valence-corrected chi connectivity index (χ4v) is 2.17. The summed E-state index contributed by atoms with van der Waals surface area (Å²) in [5.41, 5.74) is 8.88. The summed E-state index contributed by atoms with van der Waals surface area (Å²) in [5.74, 6) is -0.518. The molecule has 0 bridgehead atoms. The van der Waals surface area contributed by atoms with E-state index in [1.54, 1.807) is 12.1 Å². The molecule has 4 nitrogen and oxygen atoms in total. The zero-order chi connectivity index (χ0) is 16.7. The first-order valence-electron chi connectivity index (χ1n) is 7.82. The second kappa shape index (κ2) is 8.13. The molecule has 2 amide bonds. The largest absolute Gasteiger partial charge is 0.273 e. The zero-order valence-electron chi connectivity index (χ0n) is 13.6. The van der Waals surface area contributed by atoms with Crippen LogP contribution < -0.4 is 10.9 Å². The number of nitrogens with one attached hydrogen (secondary N) is 2. The molecule has 2 N–H and O–H groups in total. The van der Waals surface area contributed by atoms with Gasteiger partial charge in [-0.2, -0.15) is 0 Å². The van der Waals surface area contributed by atoms with Crippen LogP contribution in [0.4, 0.5) is 0 Å². The molecule has 0 spiro atoms. The zero-order valence-corrected chi connectivity index (χ0v) is 13.6. The average molecular weight is 310 g/mol. The van der Waals surface area contributed by atoms with E-state index in [9.17, 15) is 9.59 Å². The molecule has 0 saturated carbocycles. The highest BCUT2D eigenvalue weighted by molar-refractivity contribution is 5.95. The van der Waals surface area contributed by atoms with Crippen molar-refractivity contribution in [3.8, 4) is 0 Å². The van der Waals surface area contributed by atoms with Gasteiger partial charge in [0.25, 0.3) is 5.91 Å². The molecule has 0 aromatic heterocycles. The summed E-state index contributed by atoms with van der Waals surface area (Å²) in [7, 11) is 0. The molecule has 4 heteroatoms. The van der Waals surface area contributed by atoms with Crippen molar-refractivity contribution in [2.24, 2.45) is 0 Å². The van der Waals surface area contributed by atoms with E-state index in [1.165, 1.54) is 5.56 Å². The lowest BCUT2D eigenvalue weighted by atomic mass is 10.1. The van der Waals surface area contributed by atoms with Gasteiger partial charge in [0.15, 0.2) is 0 Å². The van der Waals surface area contributed by atoms with Crippen molar-refractivity contribution in [2.75, 3.05) is 0 Å². The van der Waals surface area contributed by atoms with Crippen LogP contribution in [0, 0.1) is 6.92 Å². The van der Waals surface area contributed by atoms with E-state index in [1.807, 2.05) is 31.2 Å². The minimum Gasteiger partial charge on any atom is -0.273 e. The molecule has 0 saturated heterocycles. The fraction of sp³-hybridized carbons (Fsp3) is 0.263. The van der Waals surface area contributed by atoms with Gasteiger partial charge in [-0.05, 0) is 43.0 Å². The molecule has 23 heavy (non-hydrogen) atoms. The molecule has 0 aliphatic rings. The van der Waals surface area contributed by atoms with Gasteiger partial charge in [-0.15, -0.1) is 0 Å². The molecule has 0 atom stereocenters. The van der Waals surface area contributed by atoms with Crippen molar-refractivity contribution < 1.29 is 9.59 Å². The Morgan fingerprint density at radius 1 is 0.870 bits per heavy atom. The van der Waals surface area contributed by atoms with Gasteiger partial charge in [0, 0.05) is 12.0 Å². The number of carbonyl (C=O) groups excluding carboxylic acids is 2. The first-order chi connectivity index (χ1) is 11.1. The van der Waals surface area contributed by atoms with E-state index < -0.39 is 0 Å². The molecule has 0 radical (unpaired) electrons. The molecule has 0 aliphatic carbocycles. The van der Waals surface area contributed by atoms with Crippen LogP contribution in [0.25, 0.3) is 0 Å². The standard InChI is InChI=1S/C19H22N2O2/c1-3-15-6-8-16(9-7-15)10-13-18(22)20-21-19(23)17-11-4-14(2)5-12-17/h4-9,11-12H,3,10,13H2,1-2H3,(H,20,22)(H,21,23). The van der Waals surface area contributed by atoms with Crippen LogP contribution in [0.15, 0.2) is 48.5 Å². The van der Waals surface area contributed by atoms with Gasteiger partial charge >= 0.3 is 0 Å². The summed E-state index contributed by atoms with van der Waals surface area (Å²) in [4.78, 5) is 23.7. The molecule has 0 unspecified atom stereocenters. The van der Waals surface area contributed by atoms with Crippen LogP contribution in [0.3, 0.4) is 0 Å².